The van der Waals surface area contributed by atoms with E-state index in [0.717, 1.165) is 16.6 Å². The van der Waals surface area contributed by atoms with Gasteiger partial charge in [-0.2, -0.15) is 0 Å². The number of nitrogens with zero attached hydrogens (tertiary/aromatic N) is 1. The zero-order valence-corrected chi connectivity index (χ0v) is 14.8. The summed E-state index contributed by atoms with van der Waals surface area (Å²) < 4.78 is 25.2. The molecule has 1 heterocycles. The lowest BCUT2D eigenvalue weighted by Gasteiger charge is -2.08. The number of benzene rings is 1. The minimum Gasteiger partial charge on any atom is -0.489 e. The van der Waals surface area contributed by atoms with Gasteiger partial charge in [-0.1, -0.05) is 0 Å². The van der Waals surface area contributed by atoms with E-state index in [1.54, 1.807) is 19.1 Å². The van der Waals surface area contributed by atoms with E-state index in [9.17, 15) is 9.18 Å². The van der Waals surface area contributed by atoms with Gasteiger partial charge < -0.3 is 19.8 Å². The molecule has 2 rings (SSSR count). The monoisotopic (exact) mass is 356 g/mol. The topological polar surface area (TPSA) is 66.5 Å². The highest BCUT2D eigenvalue weighted by Crippen LogP contribution is 2.29. The number of aryl methyl sites for hydroxylation is 1. The van der Waals surface area contributed by atoms with E-state index in [4.69, 9.17) is 15.2 Å². The molecule has 0 saturated heterocycles. The Morgan fingerprint density at radius 2 is 2.12 bits per heavy atom. The summed E-state index contributed by atoms with van der Waals surface area (Å²) in [6, 6.07) is 5.41. The third-order valence-corrected chi connectivity index (χ3v) is 3.78. The Morgan fingerprint density at radius 1 is 1.42 bits per heavy atom. The Balaban J connectivity index is 0.00000288. The van der Waals surface area contributed by atoms with Gasteiger partial charge in [0, 0.05) is 35.8 Å². The fourth-order valence-corrected chi connectivity index (χ4v) is 2.41. The van der Waals surface area contributed by atoms with Crippen molar-refractivity contribution in [1.82, 2.24) is 4.57 Å². The van der Waals surface area contributed by atoms with Crippen LogP contribution in [-0.2, 0) is 11.8 Å². The van der Waals surface area contributed by atoms with Crippen molar-refractivity contribution >= 4 is 29.3 Å². The van der Waals surface area contributed by atoms with E-state index in [-0.39, 0.29) is 31.5 Å². The third kappa shape index (κ3) is 3.88. The largest absolute Gasteiger partial charge is 0.489 e. The van der Waals surface area contributed by atoms with Crippen LogP contribution in [0.25, 0.3) is 10.9 Å². The minimum atomic E-state index is -0.362. The first kappa shape index (κ1) is 20.0. The van der Waals surface area contributed by atoms with Crippen molar-refractivity contribution in [2.45, 2.75) is 13.8 Å². The molecular weight excluding hydrogens is 335 g/mol. The maximum absolute atomic E-state index is 12.5. The molecule has 24 heavy (non-hydrogen) atoms. The maximum atomic E-state index is 12.5. The average molecular weight is 357 g/mol. The summed E-state index contributed by atoms with van der Waals surface area (Å²) in [6.07, 6.45) is 0.454. The molecule has 7 heteroatoms. The van der Waals surface area contributed by atoms with E-state index in [2.05, 4.69) is 0 Å². The number of carbonyl (C=O) groups is 1. The van der Waals surface area contributed by atoms with Gasteiger partial charge >= 0.3 is 5.97 Å². The van der Waals surface area contributed by atoms with Gasteiger partial charge in [-0.05, 0) is 32.0 Å². The standard InChI is InChI=1S/C17H21FN2O3.ClH/c1-4-22-17(21)16-11(2)20(3)15-6-5-13(7-14(15)16)23-10-12(8-18)9-19;/h5-8H,4,9-10,19H2,1-3H3;1H/b12-8+;. The van der Waals surface area contributed by atoms with E-state index < -0.39 is 0 Å². The number of hydrogen-bond donors (Lipinski definition) is 1. The Kier molecular flexibility index (Phi) is 7.25. The summed E-state index contributed by atoms with van der Waals surface area (Å²) in [4.78, 5) is 12.2. The van der Waals surface area contributed by atoms with Crippen LogP contribution in [0.3, 0.4) is 0 Å². The van der Waals surface area contributed by atoms with Crippen LogP contribution in [0.5, 0.6) is 5.75 Å². The molecule has 0 spiro atoms. The molecule has 0 aliphatic rings. The number of fused-ring (bicyclic) bond motifs is 1. The SMILES string of the molecule is CCOC(=O)c1c(C)n(C)c2ccc(OC/C(=C/F)CN)cc12.Cl. The van der Waals surface area contributed by atoms with Crippen molar-refractivity contribution in [3.63, 3.8) is 0 Å². The zero-order valence-electron chi connectivity index (χ0n) is 14.0. The van der Waals surface area contributed by atoms with Gasteiger partial charge in [-0.3, -0.25) is 0 Å². The summed E-state index contributed by atoms with van der Waals surface area (Å²) in [5.41, 5.74) is 8.01. The number of aromatic nitrogens is 1. The fourth-order valence-electron chi connectivity index (χ4n) is 2.41. The van der Waals surface area contributed by atoms with Gasteiger partial charge in [0.2, 0.25) is 0 Å². The van der Waals surface area contributed by atoms with Crippen molar-refractivity contribution in [2.75, 3.05) is 19.8 Å². The van der Waals surface area contributed by atoms with Crippen LogP contribution in [0.4, 0.5) is 4.39 Å². The fraction of sp³-hybridized carbons (Fsp3) is 0.353. The summed E-state index contributed by atoms with van der Waals surface area (Å²) >= 11 is 0. The van der Waals surface area contributed by atoms with E-state index >= 15 is 0 Å². The second kappa shape index (κ2) is 8.70. The highest BCUT2D eigenvalue weighted by Gasteiger charge is 2.20. The molecule has 0 saturated carbocycles. The number of hydrogen-bond acceptors (Lipinski definition) is 4. The predicted molar refractivity (Wildman–Crippen MR) is 94.6 cm³/mol. The lowest BCUT2D eigenvalue weighted by molar-refractivity contribution is 0.0527. The van der Waals surface area contributed by atoms with Gasteiger partial charge in [0.05, 0.1) is 18.5 Å². The molecule has 0 amide bonds. The van der Waals surface area contributed by atoms with Gasteiger partial charge in [-0.15, -0.1) is 12.4 Å². The lowest BCUT2D eigenvalue weighted by atomic mass is 10.1. The number of nitrogens with two attached hydrogens (primary N) is 1. The molecule has 0 fully saturated rings. The first-order chi connectivity index (χ1) is 11.0. The molecule has 0 unspecified atom stereocenters. The quantitative estimate of drug-likeness (QED) is 0.807. The van der Waals surface area contributed by atoms with Crippen LogP contribution in [-0.4, -0.2) is 30.3 Å². The molecule has 2 N–H and O–H groups in total. The van der Waals surface area contributed by atoms with Crippen LogP contribution in [0.1, 0.15) is 23.0 Å². The number of carbonyl (C=O) groups excluding carboxylic acids is 1. The summed E-state index contributed by atoms with van der Waals surface area (Å²) in [7, 11) is 1.89. The van der Waals surface area contributed by atoms with Crippen molar-refractivity contribution < 1.29 is 18.7 Å². The molecule has 2 aromatic rings. The normalized spacial score (nSPS) is 11.3. The molecule has 0 bridgehead atoms. The lowest BCUT2D eigenvalue weighted by Crippen LogP contribution is -2.10. The van der Waals surface area contributed by atoms with Gasteiger partial charge in [0.25, 0.3) is 0 Å². The van der Waals surface area contributed by atoms with Crippen LogP contribution in [0.15, 0.2) is 30.1 Å². The number of esters is 1. The van der Waals surface area contributed by atoms with Gasteiger partial charge in [0.1, 0.15) is 12.4 Å². The highest BCUT2D eigenvalue weighted by molar-refractivity contribution is 6.06. The molecule has 132 valence electrons. The van der Waals surface area contributed by atoms with Crippen molar-refractivity contribution in [3.05, 3.63) is 41.4 Å². The van der Waals surface area contributed by atoms with Crippen LogP contribution in [0.2, 0.25) is 0 Å². The smallest absolute Gasteiger partial charge is 0.340 e. The number of ether oxygens (including phenoxy) is 2. The van der Waals surface area contributed by atoms with Crippen molar-refractivity contribution in [2.24, 2.45) is 12.8 Å². The molecular formula is C17H22ClFN2O3. The Labute approximate surface area is 146 Å². The Bertz CT molecular complexity index is 756. The van der Waals surface area contributed by atoms with E-state index in [1.165, 1.54) is 0 Å². The van der Waals surface area contributed by atoms with Gasteiger partial charge in [0.15, 0.2) is 0 Å². The van der Waals surface area contributed by atoms with Crippen molar-refractivity contribution in [3.8, 4) is 5.75 Å². The number of rotatable bonds is 6. The molecule has 1 aromatic carbocycles. The van der Waals surface area contributed by atoms with Crippen LogP contribution >= 0.6 is 12.4 Å². The maximum Gasteiger partial charge on any atom is 0.340 e. The third-order valence-electron chi connectivity index (χ3n) is 3.78. The molecule has 5 nitrogen and oxygen atoms in total. The molecule has 0 aliphatic heterocycles. The molecule has 0 radical (unpaired) electrons. The minimum absolute atomic E-state index is 0. The number of halogens is 2. The zero-order chi connectivity index (χ0) is 17.0. The van der Waals surface area contributed by atoms with E-state index in [0.29, 0.717) is 29.8 Å². The molecule has 1 aromatic heterocycles. The van der Waals surface area contributed by atoms with Crippen molar-refractivity contribution in [1.29, 1.82) is 0 Å². The predicted octanol–water partition coefficient (Wildman–Crippen LogP) is 3.28. The highest BCUT2D eigenvalue weighted by atomic mass is 35.5. The molecule has 0 aliphatic carbocycles. The van der Waals surface area contributed by atoms with Crippen LogP contribution < -0.4 is 10.5 Å². The van der Waals surface area contributed by atoms with E-state index in [1.807, 2.05) is 24.6 Å². The molecule has 0 atom stereocenters. The first-order valence-electron chi connectivity index (χ1n) is 7.40. The average Bonchev–Trinajstić information content (AvgIpc) is 2.79. The summed E-state index contributed by atoms with van der Waals surface area (Å²) in [6.45, 7) is 4.11. The summed E-state index contributed by atoms with van der Waals surface area (Å²) in [5, 5.41) is 0.750. The second-order valence-electron chi connectivity index (χ2n) is 5.18. The summed E-state index contributed by atoms with van der Waals surface area (Å²) in [5.74, 6) is 0.181. The Hall–Kier alpha value is -2.05. The van der Waals surface area contributed by atoms with Gasteiger partial charge in [-0.25, -0.2) is 9.18 Å². The first-order valence-corrected chi connectivity index (χ1v) is 7.40. The Morgan fingerprint density at radius 3 is 2.71 bits per heavy atom. The second-order valence-corrected chi connectivity index (χ2v) is 5.18. The van der Waals surface area contributed by atoms with Crippen LogP contribution in [0, 0.1) is 6.92 Å².